The van der Waals surface area contributed by atoms with Crippen molar-refractivity contribution in [2.45, 2.75) is 58.2 Å². The SMILES string of the molecule is C1COCCN1.CCOC(=O)C1=C2CC(COS(C)(=O)=O)CN2C(c2nccs2)=N[C@H]1c1ccc(F)cc1Br.CCOC(=O)C1=C2C[C@@H](CN3CCOCC3)CN2C(c2nccs2)=N[C@H]1c1ccc(F)cc1Br.CCOC(=O)C1=C2C[C@H](CN3CCOCC3)CN2C(c2nccs2)=N[C@H]1c1ccc(F)cc1Br.Cl.Cl. The number of nitrogens with one attached hydrogen (secondary N) is 1. The van der Waals surface area contributed by atoms with Crippen LogP contribution in [-0.4, -0.2) is 228 Å². The summed E-state index contributed by atoms with van der Waals surface area (Å²) in [6.07, 6.45) is 8.06. The lowest BCUT2D eigenvalue weighted by molar-refractivity contribution is -0.140. The first kappa shape index (κ1) is 85.5. The van der Waals surface area contributed by atoms with E-state index in [-0.39, 0.29) is 80.7 Å². The van der Waals surface area contributed by atoms with Crippen LogP contribution in [-0.2, 0) is 57.1 Å². The number of hydrogen-bond donors (Lipinski definition) is 1. The van der Waals surface area contributed by atoms with Gasteiger partial charge >= 0.3 is 17.9 Å². The molecule has 0 spiro atoms. The Bertz CT molecular complexity index is 4270. The molecule has 15 rings (SSSR count). The Morgan fingerprint density at radius 3 is 1.11 bits per heavy atom. The summed E-state index contributed by atoms with van der Waals surface area (Å²) >= 11 is 14.8. The molecule has 1 N–H and O–H groups in total. The molecule has 3 aromatic heterocycles. The minimum absolute atomic E-state index is 0. The lowest BCUT2D eigenvalue weighted by Gasteiger charge is -2.32. The number of carbonyl (C=O) groups is 3. The molecule has 12 heterocycles. The van der Waals surface area contributed by atoms with E-state index in [1.165, 1.54) is 70.4 Å². The number of esters is 3. The predicted molar refractivity (Wildman–Crippen MR) is 425 cm³/mol. The van der Waals surface area contributed by atoms with E-state index < -0.39 is 40.0 Å². The molecule has 6 fully saturated rings. The minimum Gasteiger partial charge on any atom is -0.463 e. The number of ether oxygens (including phenoxy) is 6. The zero-order valence-corrected chi connectivity index (χ0v) is 69.8. The fraction of sp³-hybridized carbons (Fsp3) is 0.466. The highest BCUT2D eigenvalue weighted by Gasteiger charge is 2.47. The summed E-state index contributed by atoms with van der Waals surface area (Å²) in [5, 5.41) is 11.1. The van der Waals surface area contributed by atoms with Crippen LogP contribution < -0.4 is 5.32 Å². The molecule has 6 atom stereocenters. The molecule has 0 aliphatic carbocycles. The van der Waals surface area contributed by atoms with E-state index >= 15 is 0 Å². The third-order valence-electron chi connectivity index (χ3n) is 18.8. The summed E-state index contributed by atoms with van der Waals surface area (Å²) in [6.45, 7) is 20.3. The second kappa shape index (κ2) is 40.2. The largest absolute Gasteiger partial charge is 0.463 e. The summed E-state index contributed by atoms with van der Waals surface area (Å²) in [6, 6.07) is 11.2. The average molecular weight is 1820 g/mol. The number of amidine groups is 3. The molecule has 6 saturated heterocycles. The lowest BCUT2D eigenvalue weighted by Crippen LogP contribution is -2.40. The van der Waals surface area contributed by atoms with Crippen LogP contribution in [0.15, 0.2) is 152 Å². The first-order valence-electron chi connectivity index (χ1n) is 35.3. The monoisotopic (exact) mass is 1810 g/mol. The Morgan fingerprint density at radius 1 is 0.514 bits per heavy atom. The maximum atomic E-state index is 13.9. The van der Waals surface area contributed by atoms with Crippen molar-refractivity contribution in [3.8, 4) is 0 Å². The van der Waals surface area contributed by atoms with Crippen LogP contribution in [0.3, 0.4) is 0 Å². The van der Waals surface area contributed by atoms with Crippen molar-refractivity contribution in [1.29, 1.82) is 0 Å². The van der Waals surface area contributed by atoms with Crippen LogP contribution >= 0.6 is 107 Å². The maximum Gasteiger partial charge on any atom is 0.338 e. The molecule has 0 bridgehead atoms. The molecule has 588 valence electrons. The molecule has 9 aliphatic heterocycles. The van der Waals surface area contributed by atoms with E-state index in [0.717, 1.165) is 168 Å². The van der Waals surface area contributed by atoms with Gasteiger partial charge in [-0.3, -0.25) is 29.0 Å². The average Bonchev–Trinajstić information content (AvgIpc) is 1.65. The fourth-order valence-electron chi connectivity index (χ4n) is 14.2. The van der Waals surface area contributed by atoms with Crippen molar-refractivity contribution in [2.75, 3.05) is 144 Å². The molecular weight excluding hydrogens is 1730 g/mol. The minimum atomic E-state index is -3.61. The molecule has 36 heteroatoms. The molecular formula is C73H84Br3Cl2F3N12O12S4. The number of carbonyl (C=O) groups excluding carboxylic acids is 3. The highest BCUT2D eigenvalue weighted by Crippen LogP contribution is 2.48. The Morgan fingerprint density at radius 2 is 0.835 bits per heavy atom. The van der Waals surface area contributed by atoms with Gasteiger partial charge in [-0.15, -0.1) is 58.8 Å². The molecule has 1 unspecified atom stereocenters. The summed E-state index contributed by atoms with van der Waals surface area (Å²) in [5.41, 5.74) is 5.98. The van der Waals surface area contributed by atoms with Crippen molar-refractivity contribution >= 4 is 152 Å². The number of rotatable bonds is 19. The van der Waals surface area contributed by atoms with Gasteiger partial charge in [0.1, 0.15) is 35.6 Å². The van der Waals surface area contributed by atoms with Gasteiger partial charge in [-0.25, -0.2) is 42.5 Å². The Balaban J connectivity index is 0.000000166. The van der Waals surface area contributed by atoms with E-state index in [1.54, 1.807) is 57.6 Å². The van der Waals surface area contributed by atoms with Crippen molar-refractivity contribution in [3.05, 3.63) is 186 Å². The highest BCUT2D eigenvalue weighted by atomic mass is 79.9. The van der Waals surface area contributed by atoms with E-state index in [9.17, 15) is 36.0 Å². The summed E-state index contributed by atoms with van der Waals surface area (Å²) in [5.74, 6) is 0.138. The third-order valence-corrected chi connectivity index (χ3v) is 23.7. The molecule has 3 aromatic carbocycles. The molecule has 6 aromatic rings. The maximum absolute atomic E-state index is 13.9. The molecule has 9 aliphatic rings. The molecule has 109 heavy (non-hydrogen) atoms. The number of benzene rings is 3. The van der Waals surface area contributed by atoms with Crippen LogP contribution in [0.1, 0.15) is 89.9 Å². The van der Waals surface area contributed by atoms with Crippen molar-refractivity contribution in [1.82, 2.24) is 44.8 Å². The van der Waals surface area contributed by atoms with E-state index in [1.807, 2.05) is 21.0 Å². The van der Waals surface area contributed by atoms with Gasteiger partial charge in [0.15, 0.2) is 32.5 Å². The van der Waals surface area contributed by atoms with Gasteiger partial charge < -0.3 is 48.4 Å². The molecule has 0 radical (unpaired) electrons. The molecule has 0 saturated carbocycles. The van der Waals surface area contributed by atoms with E-state index in [0.29, 0.717) is 77.0 Å². The predicted octanol–water partition coefficient (Wildman–Crippen LogP) is 12.1. The van der Waals surface area contributed by atoms with Crippen LogP contribution in [0.5, 0.6) is 0 Å². The Labute approximate surface area is 681 Å². The Hall–Kier alpha value is -5.93. The van der Waals surface area contributed by atoms with E-state index in [4.69, 9.17) is 47.6 Å². The van der Waals surface area contributed by atoms with Crippen molar-refractivity contribution in [2.24, 2.45) is 32.7 Å². The van der Waals surface area contributed by atoms with E-state index in [2.05, 4.69) is 87.7 Å². The van der Waals surface area contributed by atoms with Gasteiger partial charge in [-0.1, -0.05) is 66.0 Å². The number of nitrogens with zero attached hydrogens (tertiary/aromatic N) is 11. The third kappa shape index (κ3) is 21.3. The zero-order valence-electron chi connectivity index (χ0n) is 60.1. The topological polar surface area (TPSA) is 254 Å². The fourth-order valence-corrected chi connectivity index (χ4v) is 18.2. The van der Waals surface area contributed by atoms with Crippen molar-refractivity contribution in [3.63, 3.8) is 0 Å². The Kier molecular flexibility index (Phi) is 31.5. The summed E-state index contributed by atoms with van der Waals surface area (Å²) in [7, 11) is -3.61. The smallest absolute Gasteiger partial charge is 0.338 e. The number of aromatic nitrogens is 3. The molecule has 24 nitrogen and oxygen atoms in total. The first-order valence-corrected chi connectivity index (χ1v) is 42.1. The summed E-state index contributed by atoms with van der Waals surface area (Å²) in [4.78, 5) is 79.1. The van der Waals surface area contributed by atoms with Gasteiger partial charge in [0.05, 0.1) is 89.0 Å². The van der Waals surface area contributed by atoms with Crippen LogP contribution in [0, 0.1) is 35.2 Å². The second-order valence-electron chi connectivity index (χ2n) is 26.0. The number of aliphatic imine (C=N–C) groups is 3. The van der Waals surface area contributed by atoms with Gasteiger partial charge in [0.25, 0.3) is 10.1 Å². The highest BCUT2D eigenvalue weighted by molar-refractivity contribution is 9.11. The van der Waals surface area contributed by atoms with Gasteiger partial charge in [-0.2, -0.15) is 8.42 Å². The normalized spacial score (nSPS) is 22.0. The quantitative estimate of drug-likeness (QED) is 0.0449. The number of thiazole rings is 3. The van der Waals surface area contributed by atoms with Gasteiger partial charge in [-0.05, 0) is 105 Å². The van der Waals surface area contributed by atoms with Crippen LogP contribution in [0.4, 0.5) is 13.2 Å². The zero-order chi connectivity index (χ0) is 75.3. The van der Waals surface area contributed by atoms with Crippen molar-refractivity contribution < 1.29 is 68.6 Å². The van der Waals surface area contributed by atoms with Gasteiger partial charge in [0, 0.05) is 143 Å². The first-order chi connectivity index (χ1) is 51.8. The number of halogens is 8. The number of allylic oxidation sites excluding steroid dienone is 3. The number of hydrogen-bond acceptors (Lipinski definition) is 27. The van der Waals surface area contributed by atoms with Crippen LogP contribution in [0.2, 0.25) is 0 Å². The second-order valence-corrected chi connectivity index (χ2v) is 32.9. The molecule has 0 amide bonds. The number of fused-ring (bicyclic) bond motifs is 3. The van der Waals surface area contributed by atoms with Gasteiger partial charge in [0.2, 0.25) is 0 Å². The summed E-state index contributed by atoms with van der Waals surface area (Å²) < 4.78 is 104. The standard InChI is InChI=1S/2C24H26BrFN4O3S.C21H21BrFN3O5S2.C4H9NO.2ClH/c2*1-2-33-24(31)20-19-11-15(13-29-6-8-32-9-7-29)14-30(19)22(23-27-5-10-34-23)28-21(20)17-4-3-16(26)12-18(17)25;1-3-30-21(27)17-16-8-12(11-31-33(2,28)29)10-26(16)19(20-24-6-7-32-20)25-18(17)14-5-4-13(23)9-15(14)22;1-3-6-4-2-5-1;;/h2*3-5,10,12,15,21H,2,6-9,11,13-14H2,1H3;4-7,9,12,18H,3,8,10-11H2,1-2H3;5H,1-4H2;2*1H/t15-,21+;15-,21-;12?,18-;;;/m100.../s1. The number of morpholine rings is 3. The lowest BCUT2D eigenvalue weighted by atomic mass is 9.93. The van der Waals surface area contributed by atoms with Crippen LogP contribution in [0.25, 0.3) is 0 Å².